The van der Waals surface area contributed by atoms with Gasteiger partial charge in [-0.05, 0) is 44.3 Å². The quantitative estimate of drug-likeness (QED) is 0.476. The Morgan fingerprint density at radius 1 is 1.37 bits per heavy atom. The Kier molecular flexibility index (Phi) is 7.41. The fourth-order valence-electron chi connectivity index (χ4n) is 2.11. The molecule has 1 atom stereocenters. The summed E-state index contributed by atoms with van der Waals surface area (Å²) in [4.78, 5) is 22.9. The molecule has 1 aliphatic rings. The highest BCUT2D eigenvalue weighted by atomic mass is 16.5. The molecule has 0 radical (unpaired) electrons. The van der Waals surface area contributed by atoms with E-state index in [1.165, 1.54) is 0 Å². The molecule has 4 nitrogen and oxygen atoms in total. The zero-order valence-electron chi connectivity index (χ0n) is 11.9. The average Bonchev–Trinajstić information content (AvgIpc) is 2.73. The molecular weight excluding hydrogens is 244 g/mol. The van der Waals surface area contributed by atoms with Gasteiger partial charge in [0.2, 0.25) is 0 Å². The smallest absolute Gasteiger partial charge is 0.305 e. The summed E-state index contributed by atoms with van der Waals surface area (Å²) in [5.41, 5.74) is 0.866. The van der Waals surface area contributed by atoms with E-state index in [-0.39, 0.29) is 17.9 Å². The number of hydrogen-bond donors (Lipinski definition) is 0. The molecule has 1 unspecified atom stereocenters. The standard InChI is InChI=1S/C15H24O4/c1-3-9-19-13-10-12(14(16)11-13)7-5-6-8-15(17)18-4-2/h10,13H,3-9,11H2,1-2H3. The minimum absolute atomic E-state index is 0.0347. The van der Waals surface area contributed by atoms with Crippen LogP contribution in [0.2, 0.25) is 0 Å². The van der Waals surface area contributed by atoms with Gasteiger partial charge in [0.15, 0.2) is 5.78 Å². The summed E-state index contributed by atoms with van der Waals surface area (Å²) in [5, 5.41) is 0. The van der Waals surface area contributed by atoms with Gasteiger partial charge < -0.3 is 9.47 Å². The van der Waals surface area contributed by atoms with Crippen LogP contribution in [0.5, 0.6) is 0 Å². The van der Waals surface area contributed by atoms with Gasteiger partial charge in [0.05, 0.1) is 12.7 Å². The minimum Gasteiger partial charge on any atom is -0.466 e. The topological polar surface area (TPSA) is 52.6 Å². The molecule has 0 bridgehead atoms. The Hall–Kier alpha value is -1.16. The van der Waals surface area contributed by atoms with Gasteiger partial charge in [-0.25, -0.2) is 0 Å². The van der Waals surface area contributed by atoms with E-state index in [9.17, 15) is 9.59 Å². The Bertz CT molecular complexity index is 333. The van der Waals surface area contributed by atoms with E-state index in [2.05, 4.69) is 6.92 Å². The van der Waals surface area contributed by atoms with Crippen LogP contribution in [0.3, 0.4) is 0 Å². The van der Waals surface area contributed by atoms with Crippen molar-refractivity contribution in [1.29, 1.82) is 0 Å². The molecule has 0 amide bonds. The summed E-state index contributed by atoms with van der Waals surface area (Å²) in [6, 6.07) is 0. The molecule has 0 heterocycles. The van der Waals surface area contributed by atoms with Gasteiger partial charge in [0, 0.05) is 19.4 Å². The third kappa shape index (κ3) is 6.01. The maximum atomic E-state index is 11.7. The number of rotatable bonds is 9. The highest BCUT2D eigenvalue weighted by Gasteiger charge is 2.23. The lowest BCUT2D eigenvalue weighted by Gasteiger charge is -2.06. The molecule has 0 saturated carbocycles. The summed E-state index contributed by atoms with van der Waals surface area (Å²) in [5.74, 6) is 0.0376. The fraction of sp³-hybridized carbons (Fsp3) is 0.733. The van der Waals surface area contributed by atoms with Gasteiger partial charge >= 0.3 is 5.97 Å². The van der Waals surface area contributed by atoms with Crippen LogP contribution >= 0.6 is 0 Å². The Balaban J connectivity index is 2.21. The summed E-state index contributed by atoms with van der Waals surface area (Å²) < 4.78 is 10.4. The first-order chi connectivity index (χ1) is 9.17. The summed E-state index contributed by atoms with van der Waals surface area (Å²) in [6.45, 7) is 4.98. The van der Waals surface area contributed by atoms with Crippen molar-refractivity contribution in [3.8, 4) is 0 Å². The number of unbranched alkanes of at least 4 members (excludes halogenated alkanes) is 1. The van der Waals surface area contributed by atoms with E-state index >= 15 is 0 Å². The molecule has 1 aliphatic carbocycles. The molecule has 0 fully saturated rings. The summed E-state index contributed by atoms with van der Waals surface area (Å²) >= 11 is 0. The third-order valence-corrected chi connectivity index (χ3v) is 3.05. The highest BCUT2D eigenvalue weighted by molar-refractivity contribution is 5.98. The maximum absolute atomic E-state index is 11.7. The number of esters is 1. The van der Waals surface area contributed by atoms with E-state index in [0.29, 0.717) is 26.1 Å². The molecule has 0 spiro atoms. The molecular formula is C15H24O4. The molecule has 19 heavy (non-hydrogen) atoms. The number of hydrogen-bond acceptors (Lipinski definition) is 4. The van der Waals surface area contributed by atoms with E-state index in [1.807, 2.05) is 6.08 Å². The van der Waals surface area contributed by atoms with Crippen molar-refractivity contribution >= 4 is 11.8 Å². The molecule has 4 heteroatoms. The molecule has 0 aromatic heterocycles. The van der Waals surface area contributed by atoms with E-state index in [0.717, 1.165) is 31.3 Å². The number of ether oxygens (including phenoxy) is 2. The largest absolute Gasteiger partial charge is 0.466 e. The Labute approximate surface area is 115 Å². The van der Waals surface area contributed by atoms with Crippen molar-refractivity contribution in [3.63, 3.8) is 0 Å². The monoisotopic (exact) mass is 268 g/mol. The SMILES string of the molecule is CCCOC1C=C(CCCCC(=O)OCC)C(=O)C1. The van der Waals surface area contributed by atoms with Crippen molar-refractivity contribution in [1.82, 2.24) is 0 Å². The molecule has 0 aliphatic heterocycles. The van der Waals surface area contributed by atoms with Gasteiger partial charge in [0.1, 0.15) is 0 Å². The lowest BCUT2D eigenvalue weighted by molar-refractivity contribution is -0.143. The lowest BCUT2D eigenvalue weighted by atomic mass is 10.1. The maximum Gasteiger partial charge on any atom is 0.305 e. The van der Waals surface area contributed by atoms with Crippen molar-refractivity contribution in [3.05, 3.63) is 11.6 Å². The van der Waals surface area contributed by atoms with Crippen LogP contribution in [0.1, 0.15) is 52.4 Å². The zero-order valence-corrected chi connectivity index (χ0v) is 11.9. The van der Waals surface area contributed by atoms with Gasteiger partial charge in [-0.3, -0.25) is 9.59 Å². The summed E-state index contributed by atoms with van der Waals surface area (Å²) in [7, 11) is 0. The molecule has 0 N–H and O–H groups in total. The Morgan fingerprint density at radius 3 is 2.84 bits per heavy atom. The third-order valence-electron chi connectivity index (χ3n) is 3.05. The van der Waals surface area contributed by atoms with Crippen LogP contribution in [0.4, 0.5) is 0 Å². The normalized spacial score (nSPS) is 18.5. The fourth-order valence-corrected chi connectivity index (χ4v) is 2.11. The molecule has 1 rings (SSSR count). The molecule has 108 valence electrons. The predicted octanol–water partition coefficient (Wildman–Crippen LogP) is 2.80. The van der Waals surface area contributed by atoms with Crippen LogP contribution < -0.4 is 0 Å². The highest BCUT2D eigenvalue weighted by Crippen LogP contribution is 2.22. The summed E-state index contributed by atoms with van der Waals surface area (Å²) in [6.07, 6.45) is 6.14. The number of carbonyl (C=O) groups is 2. The lowest BCUT2D eigenvalue weighted by Crippen LogP contribution is -2.09. The van der Waals surface area contributed by atoms with Crippen molar-refractivity contribution in [2.45, 2.75) is 58.5 Å². The number of carbonyl (C=O) groups excluding carboxylic acids is 2. The minimum atomic E-state index is -0.154. The van der Waals surface area contributed by atoms with Gasteiger partial charge in [-0.1, -0.05) is 6.92 Å². The van der Waals surface area contributed by atoms with E-state index in [4.69, 9.17) is 9.47 Å². The van der Waals surface area contributed by atoms with Gasteiger partial charge in [-0.2, -0.15) is 0 Å². The molecule has 0 aromatic carbocycles. The second-order valence-electron chi connectivity index (χ2n) is 4.74. The Morgan fingerprint density at radius 2 is 2.16 bits per heavy atom. The van der Waals surface area contributed by atoms with Crippen LogP contribution in [-0.2, 0) is 19.1 Å². The molecule has 0 saturated heterocycles. The van der Waals surface area contributed by atoms with Crippen LogP contribution in [0, 0.1) is 0 Å². The zero-order chi connectivity index (χ0) is 14.1. The van der Waals surface area contributed by atoms with Crippen molar-refractivity contribution in [2.75, 3.05) is 13.2 Å². The van der Waals surface area contributed by atoms with Gasteiger partial charge in [-0.15, -0.1) is 0 Å². The second kappa shape index (κ2) is 8.86. The first-order valence-corrected chi connectivity index (χ1v) is 7.18. The van der Waals surface area contributed by atoms with Crippen molar-refractivity contribution in [2.24, 2.45) is 0 Å². The number of ketones is 1. The second-order valence-corrected chi connectivity index (χ2v) is 4.74. The first kappa shape index (κ1) is 15.9. The van der Waals surface area contributed by atoms with E-state index in [1.54, 1.807) is 6.92 Å². The van der Waals surface area contributed by atoms with Crippen LogP contribution in [0.15, 0.2) is 11.6 Å². The number of allylic oxidation sites excluding steroid dienone is 1. The van der Waals surface area contributed by atoms with E-state index < -0.39 is 0 Å². The first-order valence-electron chi connectivity index (χ1n) is 7.18. The predicted molar refractivity (Wildman–Crippen MR) is 72.8 cm³/mol. The van der Waals surface area contributed by atoms with Crippen molar-refractivity contribution < 1.29 is 19.1 Å². The molecule has 0 aromatic rings. The average molecular weight is 268 g/mol. The van der Waals surface area contributed by atoms with Crippen LogP contribution in [-0.4, -0.2) is 31.1 Å². The number of Topliss-reactive ketones (excluding diaryl/α,β-unsaturated/α-hetero) is 1. The van der Waals surface area contributed by atoms with Gasteiger partial charge in [0.25, 0.3) is 0 Å². The van der Waals surface area contributed by atoms with Crippen LogP contribution in [0.25, 0.3) is 0 Å².